The SMILES string of the molecule is Cn1cncc1-c1ccc(NC(=O)[C@@H](NC(=O)OC(C)(C)C)C(C2CCCCC2)C2CCCC2)cc1. The minimum absolute atomic E-state index is 0.119. The first-order valence-corrected chi connectivity index (χ1v) is 13.6. The third-order valence-electron chi connectivity index (χ3n) is 7.74. The monoisotopic (exact) mass is 494 g/mol. The number of carbonyl (C=O) groups is 2. The minimum atomic E-state index is -0.625. The Balaban J connectivity index is 1.57. The Morgan fingerprint density at radius 1 is 0.972 bits per heavy atom. The van der Waals surface area contributed by atoms with Crippen molar-refractivity contribution in [2.75, 3.05) is 5.32 Å². The smallest absolute Gasteiger partial charge is 0.408 e. The van der Waals surface area contributed by atoms with Crippen LogP contribution < -0.4 is 10.6 Å². The van der Waals surface area contributed by atoms with E-state index in [1.165, 1.54) is 32.1 Å². The fraction of sp³-hybridized carbons (Fsp3) is 0.621. The summed E-state index contributed by atoms with van der Waals surface area (Å²) in [5.41, 5.74) is 2.13. The highest BCUT2D eigenvalue weighted by Crippen LogP contribution is 2.43. The molecule has 0 radical (unpaired) electrons. The number of carbonyl (C=O) groups excluding carboxylic acids is 2. The maximum absolute atomic E-state index is 13.8. The number of imidazole rings is 1. The second-order valence-electron chi connectivity index (χ2n) is 11.6. The van der Waals surface area contributed by atoms with Crippen molar-refractivity contribution in [2.45, 2.75) is 90.2 Å². The first-order valence-electron chi connectivity index (χ1n) is 13.6. The molecule has 1 aromatic carbocycles. The van der Waals surface area contributed by atoms with Crippen molar-refractivity contribution in [3.05, 3.63) is 36.8 Å². The van der Waals surface area contributed by atoms with Crippen molar-refractivity contribution in [3.8, 4) is 11.3 Å². The van der Waals surface area contributed by atoms with Crippen LogP contribution in [0.4, 0.5) is 10.5 Å². The van der Waals surface area contributed by atoms with E-state index in [9.17, 15) is 9.59 Å². The van der Waals surface area contributed by atoms with Crippen molar-refractivity contribution in [1.29, 1.82) is 0 Å². The van der Waals surface area contributed by atoms with Crippen molar-refractivity contribution < 1.29 is 14.3 Å². The Morgan fingerprint density at radius 2 is 1.56 bits per heavy atom. The second kappa shape index (κ2) is 11.5. The lowest BCUT2D eigenvalue weighted by atomic mass is 9.69. The lowest BCUT2D eigenvalue weighted by Crippen LogP contribution is -2.53. The number of benzene rings is 1. The first kappa shape index (κ1) is 26.2. The van der Waals surface area contributed by atoms with Gasteiger partial charge in [-0.1, -0.05) is 69.9 Å². The van der Waals surface area contributed by atoms with Gasteiger partial charge in [0.2, 0.25) is 5.91 Å². The molecule has 36 heavy (non-hydrogen) atoms. The second-order valence-corrected chi connectivity index (χ2v) is 11.6. The van der Waals surface area contributed by atoms with Crippen LogP contribution in [0.1, 0.15) is 78.6 Å². The summed E-state index contributed by atoms with van der Waals surface area (Å²) in [5.74, 6) is 0.858. The van der Waals surface area contributed by atoms with Crippen LogP contribution >= 0.6 is 0 Å². The van der Waals surface area contributed by atoms with Crippen LogP contribution in [-0.2, 0) is 16.6 Å². The summed E-state index contributed by atoms with van der Waals surface area (Å²) in [7, 11) is 1.96. The van der Waals surface area contributed by atoms with Crippen molar-refractivity contribution in [1.82, 2.24) is 14.9 Å². The summed E-state index contributed by atoms with van der Waals surface area (Å²) in [6.07, 6.45) is 13.6. The highest BCUT2D eigenvalue weighted by Gasteiger charge is 2.42. The Bertz CT molecular complexity index is 1010. The van der Waals surface area contributed by atoms with Gasteiger partial charge in [-0.15, -0.1) is 0 Å². The van der Waals surface area contributed by atoms with E-state index in [1.807, 2.05) is 62.8 Å². The van der Waals surface area contributed by atoms with Gasteiger partial charge < -0.3 is 19.9 Å². The molecule has 196 valence electrons. The third kappa shape index (κ3) is 6.68. The van der Waals surface area contributed by atoms with E-state index in [-0.39, 0.29) is 11.8 Å². The molecular formula is C29H42N4O3. The molecule has 0 bridgehead atoms. The Hall–Kier alpha value is -2.83. The van der Waals surface area contributed by atoms with Gasteiger partial charge in [0, 0.05) is 12.7 Å². The van der Waals surface area contributed by atoms with Gasteiger partial charge in [-0.05, 0) is 56.2 Å². The molecule has 4 rings (SSSR count). The largest absolute Gasteiger partial charge is 0.444 e. The predicted octanol–water partition coefficient (Wildman–Crippen LogP) is 6.31. The number of nitrogens with one attached hydrogen (secondary N) is 2. The standard InChI is InChI=1S/C29H42N4O3/c1-29(2,3)36-28(35)32-26(25(22-12-8-9-13-22)21-10-6-5-7-11-21)27(34)31-23-16-14-20(15-17-23)24-18-30-19-33(24)4/h14-19,21-22,25-26H,5-13H2,1-4H3,(H,31,34)(H,32,35)/t25?,26-/m0/s1. The maximum Gasteiger partial charge on any atom is 0.408 e. The average molecular weight is 495 g/mol. The average Bonchev–Trinajstić information content (AvgIpc) is 3.51. The van der Waals surface area contributed by atoms with Gasteiger partial charge in [-0.2, -0.15) is 0 Å². The topological polar surface area (TPSA) is 85.3 Å². The zero-order valence-electron chi connectivity index (χ0n) is 22.3. The summed E-state index contributed by atoms with van der Waals surface area (Å²) in [6.45, 7) is 5.54. The van der Waals surface area contributed by atoms with Gasteiger partial charge in [0.05, 0.1) is 18.2 Å². The van der Waals surface area contributed by atoms with Crippen LogP contribution in [0.2, 0.25) is 0 Å². The van der Waals surface area contributed by atoms with Crippen molar-refractivity contribution >= 4 is 17.7 Å². The van der Waals surface area contributed by atoms with Gasteiger partial charge in [-0.25, -0.2) is 9.78 Å². The molecule has 7 nitrogen and oxygen atoms in total. The summed E-state index contributed by atoms with van der Waals surface area (Å²) >= 11 is 0. The predicted molar refractivity (Wildman–Crippen MR) is 142 cm³/mol. The van der Waals surface area contributed by atoms with Crippen LogP contribution in [0.5, 0.6) is 0 Å². The number of anilines is 1. The lowest BCUT2D eigenvalue weighted by molar-refractivity contribution is -0.121. The molecule has 2 N–H and O–H groups in total. The summed E-state index contributed by atoms with van der Waals surface area (Å²) < 4.78 is 7.56. The van der Waals surface area contributed by atoms with Gasteiger partial charge >= 0.3 is 6.09 Å². The summed E-state index contributed by atoms with van der Waals surface area (Å²) in [6, 6.07) is 7.17. The molecule has 2 amide bonds. The van der Waals surface area contributed by atoms with Crippen LogP contribution in [0.15, 0.2) is 36.8 Å². The van der Waals surface area contributed by atoms with Gasteiger partial charge in [0.1, 0.15) is 11.6 Å². The number of nitrogens with zero attached hydrogens (tertiary/aromatic N) is 2. The molecule has 0 aliphatic heterocycles. The third-order valence-corrected chi connectivity index (χ3v) is 7.74. The quantitative estimate of drug-likeness (QED) is 0.473. The molecule has 2 atom stereocenters. The van der Waals surface area contributed by atoms with Gasteiger partial charge in [0.15, 0.2) is 0 Å². The lowest BCUT2D eigenvalue weighted by Gasteiger charge is -2.39. The number of amides is 2. The van der Waals surface area contributed by atoms with E-state index in [0.29, 0.717) is 11.8 Å². The number of aromatic nitrogens is 2. The molecule has 0 spiro atoms. The first-order chi connectivity index (χ1) is 17.2. The molecule has 1 unspecified atom stereocenters. The number of hydrogen-bond acceptors (Lipinski definition) is 4. The van der Waals surface area contributed by atoms with Crippen LogP contribution in [0.25, 0.3) is 11.3 Å². The number of rotatable bonds is 7. The van der Waals surface area contributed by atoms with Crippen LogP contribution in [0.3, 0.4) is 0 Å². The van der Waals surface area contributed by atoms with Gasteiger partial charge in [-0.3, -0.25) is 4.79 Å². The van der Waals surface area contributed by atoms with Crippen LogP contribution in [-0.4, -0.2) is 33.2 Å². The molecular weight excluding hydrogens is 452 g/mol. The zero-order chi connectivity index (χ0) is 25.7. The highest BCUT2D eigenvalue weighted by molar-refractivity contribution is 5.97. The molecule has 1 heterocycles. The van der Waals surface area contributed by atoms with Crippen molar-refractivity contribution in [3.63, 3.8) is 0 Å². The summed E-state index contributed by atoms with van der Waals surface area (Å²) in [5, 5.41) is 6.13. The highest BCUT2D eigenvalue weighted by atomic mass is 16.6. The van der Waals surface area contributed by atoms with E-state index in [2.05, 4.69) is 15.6 Å². The molecule has 2 aliphatic rings. The summed E-state index contributed by atoms with van der Waals surface area (Å²) in [4.78, 5) is 30.9. The van der Waals surface area contributed by atoms with E-state index < -0.39 is 17.7 Å². The fourth-order valence-electron chi connectivity index (χ4n) is 6.14. The van der Waals surface area contributed by atoms with E-state index in [4.69, 9.17) is 4.74 Å². The Kier molecular flexibility index (Phi) is 8.37. The van der Waals surface area contributed by atoms with Gasteiger partial charge in [0.25, 0.3) is 0 Å². The Morgan fingerprint density at radius 3 is 2.08 bits per heavy atom. The number of ether oxygens (including phenoxy) is 1. The molecule has 2 aliphatic carbocycles. The molecule has 7 heteroatoms. The van der Waals surface area contributed by atoms with E-state index in [0.717, 1.165) is 42.6 Å². The maximum atomic E-state index is 13.8. The molecule has 2 saturated carbocycles. The zero-order valence-corrected chi connectivity index (χ0v) is 22.3. The molecule has 1 aromatic heterocycles. The molecule has 0 saturated heterocycles. The molecule has 2 fully saturated rings. The number of alkyl carbamates (subject to hydrolysis) is 1. The Labute approximate surface area is 215 Å². The van der Waals surface area contributed by atoms with E-state index >= 15 is 0 Å². The number of hydrogen-bond donors (Lipinski definition) is 2. The minimum Gasteiger partial charge on any atom is -0.444 e. The van der Waals surface area contributed by atoms with Crippen molar-refractivity contribution in [2.24, 2.45) is 24.8 Å². The number of aryl methyl sites for hydroxylation is 1. The molecule has 2 aromatic rings. The van der Waals surface area contributed by atoms with E-state index in [1.54, 1.807) is 6.33 Å². The fourth-order valence-corrected chi connectivity index (χ4v) is 6.14. The normalized spacial score (nSPS) is 19.0. The van der Waals surface area contributed by atoms with Crippen LogP contribution in [0, 0.1) is 17.8 Å².